The summed E-state index contributed by atoms with van der Waals surface area (Å²) in [7, 11) is 1.29. The van der Waals surface area contributed by atoms with Crippen molar-refractivity contribution < 1.29 is 10.1 Å². The molecule has 3 aromatic rings. The van der Waals surface area contributed by atoms with Crippen LogP contribution in [0.2, 0.25) is 0 Å². The van der Waals surface area contributed by atoms with Crippen LogP contribution in [0.25, 0.3) is 22.5 Å². The highest BCUT2D eigenvalue weighted by Gasteiger charge is 2.24. The SMILES string of the molecule is OO[B]c1ccc(-c2n[nH]c3c2Cc2ccccc2-3)cc1. The number of benzene rings is 2. The van der Waals surface area contributed by atoms with Gasteiger partial charge in [-0.3, -0.25) is 10.4 Å². The Hall–Kier alpha value is -2.37. The fraction of sp³-hybridized carbons (Fsp3) is 0.0625. The lowest BCUT2D eigenvalue weighted by Gasteiger charge is -2.02. The van der Waals surface area contributed by atoms with Gasteiger partial charge >= 0.3 is 7.48 Å². The van der Waals surface area contributed by atoms with Crippen LogP contribution >= 0.6 is 0 Å². The normalized spacial score (nSPS) is 12.0. The van der Waals surface area contributed by atoms with E-state index >= 15 is 0 Å². The highest BCUT2D eigenvalue weighted by Crippen LogP contribution is 2.39. The summed E-state index contributed by atoms with van der Waals surface area (Å²) in [6.07, 6.45) is 0.908. The van der Waals surface area contributed by atoms with Crippen molar-refractivity contribution in [2.75, 3.05) is 0 Å². The molecule has 101 valence electrons. The molecule has 1 aromatic heterocycles. The van der Waals surface area contributed by atoms with Crippen LogP contribution in [0, 0.1) is 0 Å². The van der Waals surface area contributed by atoms with E-state index in [4.69, 9.17) is 5.26 Å². The highest BCUT2D eigenvalue weighted by molar-refractivity contribution is 6.46. The van der Waals surface area contributed by atoms with Crippen LogP contribution < -0.4 is 5.46 Å². The zero-order valence-corrected chi connectivity index (χ0v) is 11.2. The van der Waals surface area contributed by atoms with E-state index in [0.29, 0.717) is 0 Å². The van der Waals surface area contributed by atoms with Crippen molar-refractivity contribution in [3.8, 4) is 22.5 Å². The highest BCUT2D eigenvalue weighted by atomic mass is 17.1. The molecule has 0 bridgehead atoms. The van der Waals surface area contributed by atoms with Gasteiger partial charge in [0, 0.05) is 23.1 Å². The number of aromatic nitrogens is 2. The molecular weight excluding hydrogens is 263 g/mol. The Bertz CT molecular complexity index is 796. The molecular formula is C16H12BN2O2. The molecule has 2 N–H and O–H groups in total. The van der Waals surface area contributed by atoms with E-state index in [-0.39, 0.29) is 0 Å². The molecule has 0 fully saturated rings. The molecule has 1 heterocycles. The molecule has 21 heavy (non-hydrogen) atoms. The standard InChI is InChI=1S/C16H12BN2O2/c20-21-17-12-7-5-10(6-8-12)15-14-9-11-3-1-2-4-13(11)16(14)19-18-15/h1-8,20H,9H2,(H,18,19). The van der Waals surface area contributed by atoms with Crippen LogP contribution in [-0.4, -0.2) is 22.9 Å². The topological polar surface area (TPSA) is 58.1 Å². The molecule has 2 aromatic carbocycles. The lowest BCUT2D eigenvalue weighted by Crippen LogP contribution is -2.15. The Balaban J connectivity index is 1.74. The summed E-state index contributed by atoms with van der Waals surface area (Å²) in [6, 6.07) is 16.1. The maximum atomic E-state index is 8.43. The van der Waals surface area contributed by atoms with Gasteiger partial charge in [0.05, 0.1) is 11.4 Å². The Kier molecular flexibility index (Phi) is 2.87. The van der Waals surface area contributed by atoms with Crippen molar-refractivity contribution >= 4 is 12.9 Å². The number of nitrogens with zero attached hydrogens (tertiary/aromatic N) is 1. The molecule has 1 aliphatic carbocycles. The van der Waals surface area contributed by atoms with Crippen molar-refractivity contribution in [1.29, 1.82) is 0 Å². The predicted molar refractivity (Wildman–Crippen MR) is 81.4 cm³/mol. The van der Waals surface area contributed by atoms with Gasteiger partial charge in [0.15, 0.2) is 0 Å². The largest absolute Gasteiger partial charge is 0.381 e. The number of hydrogen-bond donors (Lipinski definition) is 2. The summed E-state index contributed by atoms with van der Waals surface area (Å²) in [5, 5.41) is 16.1. The van der Waals surface area contributed by atoms with E-state index in [2.05, 4.69) is 33.2 Å². The van der Waals surface area contributed by atoms with Crippen LogP contribution in [0.5, 0.6) is 0 Å². The van der Waals surface area contributed by atoms with E-state index in [0.717, 1.165) is 28.8 Å². The second-order valence-electron chi connectivity index (χ2n) is 5.10. The quantitative estimate of drug-likeness (QED) is 0.343. The van der Waals surface area contributed by atoms with Crippen molar-refractivity contribution in [1.82, 2.24) is 10.2 Å². The Morgan fingerprint density at radius 1 is 1.10 bits per heavy atom. The predicted octanol–water partition coefficient (Wildman–Crippen LogP) is 2.38. The first-order valence-corrected chi connectivity index (χ1v) is 6.76. The van der Waals surface area contributed by atoms with E-state index in [1.54, 1.807) is 0 Å². The third-order valence-corrected chi connectivity index (χ3v) is 3.89. The molecule has 4 nitrogen and oxygen atoms in total. The van der Waals surface area contributed by atoms with Gasteiger partial charge in [0.25, 0.3) is 0 Å². The van der Waals surface area contributed by atoms with Crippen molar-refractivity contribution in [2.45, 2.75) is 6.42 Å². The van der Waals surface area contributed by atoms with Gasteiger partial charge in [-0.25, -0.2) is 0 Å². The summed E-state index contributed by atoms with van der Waals surface area (Å²) in [4.78, 5) is 4.03. The van der Waals surface area contributed by atoms with Gasteiger partial charge in [-0.1, -0.05) is 54.0 Å². The monoisotopic (exact) mass is 275 g/mol. The first kappa shape index (κ1) is 12.4. The number of hydrogen-bond acceptors (Lipinski definition) is 3. The molecule has 0 unspecified atom stereocenters. The molecule has 0 aliphatic heterocycles. The van der Waals surface area contributed by atoms with Crippen LogP contribution in [0.4, 0.5) is 0 Å². The first-order valence-electron chi connectivity index (χ1n) is 6.76. The Morgan fingerprint density at radius 2 is 1.90 bits per heavy atom. The van der Waals surface area contributed by atoms with Gasteiger partial charge in [0.1, 0.15) is 0 Å². The number of fused-ring (bicyclic) bond motifs is 3. The van der Waals surface area contributed by atoms with Crippen LogP contribution in [-0.2, 0) is 11.2 Å². The summed E-state index contributed by atoms with van der Waals surface area (Å²) in [5.74, 6) is 0. The third kappa shape index (κ3) is 1.98. The molecule has 5 heteroatoms. The Morgan fingerprint density at radius 3 is 2.71 bits per heavy atom. The second-order valence-corrected chi connectivity index (χ2v) is 5.10. The molecule has 0 atom stereocenters. The van der Waals surface area contributed by atoms with Crippen LogP contribution in [0.1, 0.15) is 11.1 Å². The van der Waals surface area contributed by atoms with Gasteiger partial charge < -0.3 is 4.81 Å². The zero-order chi connectivity index (χ0) is 14.2. The first-order chi connectivity index (χ1) is 10.4. The molecule has 1 aliphatic rings. The number of H-pyrrole nitrogens is 1. The maximum Gasteiger partial charge on any atom is 0.381 e. The fourth-order valence-electron chi connectivity index (χ4n) is 2.89. The van der Waals surface area contributed by atoms with E-state index in [1.807, 2.05) is 30.3 Å². The van der Waals surface area contributed by atoms with Gasteiger partial charge in [-0.05, 0) is 5.56 Å². The minimum atomic E-state index is 0.803. The van der Waals surface area contributed by atoms with Crippen LogP contribution in [0.15, 0.2) is 48.5 Å². The fourth-order valence-corrected chi connectivity index (χ4v) is 2.89. The lowest BCUT2D eigenvalue weighted by atomic mass is 9.87. The summed E-state index contributed by atoms with van der Waals surface area (Å²) >= 11 is 0. The van der Waals surface area contributed by atoms with Gasteiger partial charge in [-0.15, -0.1) is 0 Å². The molecule has 0 saturated carbocycles. The average Bonchev–Trinajstić information content (AvgIpc) is 3.07. The van der Waals surface area contributed by atoms with Crippen molar-refractivity contribution in [2.24, 2.45) is 0 Å². The lowest BCUT2D eigenvalue weighted by molar-refractivity contribution is -0.135. The maximum absolute atomic E-state index is 8.43. The molecule has 0 spiro atoms. The smallest absolute Gasteiger partial charge is 0.307 e. The average molecular weight is 275 g/mol. The molecule has 0 saturated heterocycles. The van der Waals surface area contributed by atoms with Gasteiger partial charge in [0.2, 0.25) is 0 Å². The molecule has 4 rings (SSSR count). The minimum Gasteiger partial charge on any atom is -0.307 e. The number of nitrogens with one attached hydrogen (secondary N) is 1. The zero-order valence-electron chi connectivity index (χ0n) is 11.2. The van der Waals surface area contributed by atoms with Gasteiger partial charge in [-0.2, -0.15) is 5.10 Å². The van der Waals surface area contributed by atoms with E-state index in [9.17, 15) is 0 Å². The summed E-state index contributed by atoms with van der Waals surface area (Å²) < 4.78 is 0. The second kappa shape index (κ2) is 4.88. The summed E-state index contributed by atoms with van der Waals surface area (Å²) in [6.45, 7) is 0. The molecule has 0 amide bonds. The van der Waals surface area contributed by atoms with E-state index in [1.165, 1.54) is 24.2 Å². The minimum absolute atomic E-state index is 0.803. The van der Waals surface area contributed by atoms with Crippen LogP contribution in [0.3, 0.4) is 0 Å². The van der Waals surface area contributed by atoms with Crippen molar-refractivity contribution in [3.63, 3.8) is 0 Å². The van der Waals surface area contributed by atoms with Crippen molar-refractivity contribution in [3.05, 3.63) is 59.7 Å². The Labute approximate surface area is 122 Å². The third-order valence-electron chi connectivity index (χ3n) is 3.89. The van der Waals surface area contributed by atoms with E-state index < -0.39 is 0 Å². The number of aromatic amines is 1. The molecule has 1 radical (unpaired) electrons. The number of rotatable bonds is 3. The summed E-state index contributed by atoms with van der Waals surface area (Å²) in [5.41, 5.74) is 7.77.